The molecule has 0 saturated carbocycles. The van der Waals surface area contributed by atoms with Crippen molar-refractivity contribution in [2.45, 2.75) is 6.04 Å². The molecule has 1 atom stereocenters. The van der Waals surface area contributed by atoms with Gasteiger partial charge in [-0.05, 0) is 17.3 Å². The van der Waals surface area contributed by atoms with E-state index in [9.17, 15) is 8.42 Å². The highest BCUT2D eigenvalue weighted by Crippen LogP contribution is 2.23. The highest BCUT2D eigenvalue weighted by Gasteiger charge is 2.14. The average molecular weight is 270 g/mol. The van der Waals surface area contributed by atoms with E-state index in [-0.39, 0.29) is 12.4 Å². The maximum absolute atomic E-state index is 11.0. The highest BCUT2D eigenvalue weighted by molar-refractivity contribution is 7.90. The Labute approximate surface area is 105 Å². The first kappa shape index (κ1) is 12.8. The minimum Gasteiger partial charge on any atom is -0.473 e. The van der Waals surface area contributed by atoms with E-state index >= 15 is 0 Å². The Bertz CT molecular complexity index is 635. The number of hydrogen-bond acceptors (Lipinski definition) is 6. The Hall–Kier alpha value is -1.60. The number of nitrogens with two attached hydrogens (primary N) is 1. The average Bonchev–Trinajstić information content (AvgIpc) is 2.67. The summed E-state index contributed by atoms with van der Waals surface area (Å²) >= 11 is 0. The van der Waals surface area contributed by atoms with Gasteiger partial charge in [-0.3, -0.25) is 0 Å². The third-order valence-corrected chi connectivity index (χ3v) is 3.33. The summed E-state index contributed by atoms with van der Waals surface area (Å²) in [6.07, 6.45) is 1.14. The van der Waals surface area contributed by atoms with Gasteiger partial charge >= 0.3 is 0 Å². The van der Waals surface area contributed by atoms with Crippen LogP contribution < -0.4 is 10.5 Å². The monoisotopic (exact) mass is 270 g/mol. The Morgan fingerprint density at radius 1 is 1.44 bits per heavy atom. The van der Waals surface area contributed by atoms with Crippen LogP contribution in [0.15, 0.2) is 28.8 Å². The van der Waals surface area contributed by atoms with Crippen molar-refractivity contribution in [3.05, 3.63) is 24.3 Å². The number of nitrogens with zero attached hydrogens (tertiary/aromatic N) is 1. The summed E-state index contributed by atoms with van der Waals surface area (Å²) in [7, 11) is -3.11. The van der Waals surface area contributed by atoms with Gasteiger partial charge in [-0.15, -0.1) is 0 Å². The van der Waals surface area contributed by atoms with Crippen molar-refractivity contribution in [1.29, 1.82) is 0 Å². The molecule has 0 radical (unpaired) electrons. The minimum atomic E-state index is -3.11. The molecule has 0 aliphatic heterocycles. The number of hydrogen-bond donors (Lipinski definition) is 1. The van der Waals surface area contributed by atoms with Gasteiger partial charge in [0.05, 0.1) is 17.2 Å². The van der Waals surface area contributed by atoms with E-state index in [4.69, 9.17) is 15.0 Å². The number of rotatable bonds is 5. The van der Waals surface area contributed by atoms with Gasteiger partial charge in [0.15, 0.2) is 5.58 Å². The summed E-state index contributed by atoms with van der Waals surface area (Å²) in [5.41, 5.74) is 6.27. The van der Waals surface area contributed by atoms with Crippen LogP contribution in [0.4, 0.5) is 0 Å². The van der Waals surface area contributed by atoms with E-state index in [1.54, 1.807) is 6.07 Å². The van der Waals surface area contributed by atoms with E-state index in [0.717, 1.165) is 11.6 Å². The van der Waals surface area contributed by atoms with Crippen molar-refractivity contribution in [2.24, 2.45) is 5.73 Å². The number of benzene rings is 1. The van der Waals surface area contributed by atoms with Gasteiger partial charge in [-0.1, -0.05) is 12.1 Å². The first-order valence-corrected chi connectivity index (χ1v) is 7.42. The Kier molecular flexibility index (Phi) is 3.53. The molecule has 98 valence electrons. The first-order valence-electron chi connectivity index (χ1n) is 5.36. The smallest absolute Gasteiger partial charge is 0.262 e. The summed E-state index contributed by atoms with van der Waals surface area (Å²) in [5, 5.41) is 4.50. The number of aromatic nitrogens is 1. The third-order valence-electron chi connectivity index (χ3n) is 2.30. The molecule has 6 nitrogen and oxygen atoms in total. The lowest BCUT2D eigenvalue weighted by atomic mass is 10.3. The van der Waals surface area contributed by atoms with E-state index in [1.165, 1.54) is 0 Å². The van der Waals surface area contributed by atoms with Crippen molar-refractivity contribution < 1.29 is 17.7 Å². The van der Waals surface area contributed by atoms with Gasteiger partial charge in [-0.25, -0.2) is 8.42 Å². The molecule has 0 aliphatic rings. The maximum Gasteiger partial charge on any atom is 0.262 e. The van der Waals surface area contributed by atoms with Crippen LogP contribution in [-0.4, -0.2) is 38.2 Å². The van der Waals surface area contributed by atoms with Gasteiger partial charge in [0.2, 0.25) is 0 Å². The molecule has 2 aromatic rings. The molecule has 7 heteroatoms. The molecule has 18 heavy (non-hydrogen) atoms. The zero-order valence-electron chi connectivity index (χ0n) is 9.87. The van der Waals surface area contributed by atoms with Crippen LogP contribution in [0, 0.1) is 0 Å². The van der Waals surface area contributed by atoms with Crippen molar-refractivity contribution >= 4 is 20.8 Å². The molecular weight excluding hydrogens is 256 g/mol. The number of fused-ring (bicyclic) bond motifs is 1. The van der Waals surface area contributed by atoms with Crippen LogP contribution >= 0.6 is 0 Å². The molecule has 0 aliphatic carbocycles. The fourth-order valence-corrected chi connectivity index (χ4v) is 2.46. The van der Waals surface area contributed by atoms with Crippen LogP contribution in [0.3, 0.4) is 0 Å². The molecule has 0 amide bonds. The lowest BCUT2D eigenvalue weighted by Gasteiger charge is -2.10. The summed E-state index contributed by atoms with van der Waals surface area (Å²) in [6.45, 7) is 0.0730. The summed E-state index contributed by atoms with van der Waals surface area (Å²) in [6, 6.07) is 6.65. The predicted molar refractivity (Wildman–Crippen MR) is 67.2 cm³/mol. The first-order chi connectivity index (χ1) is 8.46. The molecule has 0 fully saturated rings. The lowest BCUT2D eigenvalue weighted by molar-refractivity contribution is 0.269. The Morgan fingerprint density at radius 3 is 2.89 bits per heavy atom. The van der Waals surface area contributed by atoms with Crippen LogP contribution in [0.2, 0.25) is 0 Å². The van der Waals surface area contributed by atoms with E-state index < -0.39 is 15.9 Å². The predicted octanol–water partition coefficient (Wildman–Crippen LogP) is 0.579. The summed E-state index contributed by atoms with van der Waals surface area (Å²) in [4.78, 5) is 0. The molecule has 1 unspecified atom stereocenters. The molecule has 1 aromatic heterocycles. The van der Waals surface area contributed by atoms with Crippen LogP contribution in [0.1, 0.15) is 0 Å². The largest absolute Gasteiger partial charge is 0.473 e. The summed E-state index contributed by atoms with van der Waals surface area (Å²) in [5.74, 6) is 0.206. The fraction of sp³-hybridized carbons (Fsp3) is 0.364. The van der Waals surface area contributed by atoms with Gasteiger partial charge in [0.1, 0.15) is 16.4 Å². The molecule has 0 spiro atoms. The zero-order chi connectivity index (χ0) is 13.2. The molecule has 1 aromatic carbocycles. The number of sulfone groups is 1. The van der Waals surface area contributed by atoms with Crippen molar-refractivity contribution in [3.8, 4) is 5.88 Å². The second-order valence-corrected chi connectivity index (χ2v) is 6.33. The lowest BCUT2D eigenvalue weighted by Crippen LogP contribution is -2.35. The van der Waals surface area contributed by atoms with Crippen LogP contribution in [0.25, 0.3) is 11.0 Å². The molecule has 1 heterocycles. The maximum atomic E-state index is 11.0. The van der Waals surface area contributed by atoms with Crippen molar-refractivity contribution in [2.75, 3.05) is 18.6 Å². The van der Waals surface area contributed by atoms with Gasteiger partial charge in [0, 0.05) is 6.26 Å². The van der Waals surface area contributed by atoms with E-state index in [0.29, 0.717) is 11.5 Å². The van der Waals surface area contributed by atoms with Gasteiger partial charge < -0.3 is 15.0 Å². The fourth-order valence-electron chi connectivity index (χ4n) is 1.59. The highest BCUT2D eigenvalue weighted by atomic mass is 32.2. The van der Waals surface area contributed by atoms with Crippen LogP contribution in [0.5, 0.6) is 5.88 Å². The Morgan fingerprint density at radius 2 is 2.17 bits per heavy atom. The second-order valence-electron chi connectivity index (χ2n) is 4.15. The molecular formula is C11H14N2O4S. The van der Waals surface area contributed by atoms with E-state index in [2.05, 4.69) is 5.16 Å². The molecule has 2 N–H and O–H groups in total. The third kappa shape index (κ3) is 3.21. The number of para-hydroxylation sites is 1. The van der Waals surface area contributed by atoms with Crippen molar-refractivity contribution in [3.63, 3.8) is 0 Å². The summed E-state index contributed by atoms with van der Waals surface area (Å²) < 4.78 is 32.5. The SMILES string of the molecule is CS(=O)(=O)CC(N)COc1noc2ccccc12. The molecule has 0 bridgehead atoms. The Balaban J connectivity index is 2.02. The van der Waals surface area contributed by atoms with Gasteiger partial charge in [0.25, 0.3) is 5.88 Å². The minimum absolute atomic E-state index is 0.0730. The number of ether oxygens (including phenoxy) is 1. The standard InChI is InChI=1S/C11H14N2O4S/c1-18(14,15)7-8(12)6-16-11-9-4-2-3-5-10(9)17-13-11/h2-5,8H,6-7,12H2,1H3. The second kappa shape index (κ2) is 4.95. The van der Waals surface area contributed by atoms with Gasteiger partial charge in [-0.2, -0.15) is 0 Å². The van der Waals surface area contributed by atoms with Crippen LogP contribution in [-0.2, 0) is 9.84 Å². The van der Waals surface area contributed by atoms with Crippen molar-refractivity contribution in [1.82, 2.24) is 5.16 Å². The van der Waals surface area contributed by atoms with E-state index in [1.807, 2.05) is 18.2 Å². The topological polar surface area (TPSA) is 95.4 Å². The quantitative estimate of drug-likeness (QED) is 0.853. The molecule has 2 rings (SSSR count). The zero-order valence-corrected chi connectivity index (χ0v) is 10.7. The molecule has 0 saturated heterocycles. The normalized spacial score (nSPS) is 13.7.